The minimum Gasteiger partial charge on any atom is -0.342 e. The highest BCUT2D eigenvalue weighted by Crippen LogP contribution is 2.38. The van der Waals surface area contributed by atoms with Crippen LogP contribution in [-0.2, 0) is 0 Å². The number of nitrogens with one attached hydrogen (secondary N) is 2. The molecule has 6 nitrogen and oxygen atoms in total. The maximum absolute atomic E-state index is 4.79. The van der Waals surface area contributed by atoms with Crippen LogP contribution in [0.25, 0.3) is 76.3 Å². The second kappa shape index (κ2) is 6.86. The lowest BCUT2D eigenvalue weighted by Gasteiger charge is -2.11. The van der Waals surface area contributed by atoms with E-state index in [4.69, 9.17) is 9.97 Å². The van der Waals surface area contributed by atoms with Crippen LogP contribution in [0.3, 0.4) is 0 Å². The summed E-state index contributed by atoms with van der Waals surface area (Å²) < 4.78 is 0. The molecule has 8 aromatic rings. The summed E-state index contributed by atoms with van der Waals surface area (Å²) in [5.74, 6) is 1.70. The Morgan fingerprint density at radius 2 is 1.25 bits per heavy atom. The van der Waals surface area contributed by atoms with E-state index in [9.17, 15) is 0 Å². The second-order valence-corrected chi connectivity index (χ2v) is 9.44. The van der Waals surface area contributed by atoms with Gasteiger partial charge in [0.15, 0.2) is 0 Å². The number of nitrogens with zero attached hydrogens (tertiary/aromatic N) is 4. The van der Waals surface area contributed by atoms with Crippen molar-refractivity contribution < 1.29 is 0 Å². The van der Waals surface area contributed by atoms with E-state index in [-0.39, 0.29) is 0 Å². The van der Waals surface area contributed by atoms with Crippen molar-refractivity contribution in [2.24, 2.45) is 0 Å². The molecule has 8 rings (SSSR count). The largest absolute Gasteiger partial charge is 0.342 e. The van der Waals surface area contributed by atoms with Crippen LogP contribution in [-0.4, -0.2) is 30.1 Å². The molecule has 0 aliphatic heterocycles. The average molecular weight is 465 g/mol. The molecule has 0 saturated heterocycles. The maximum atomic E-state index is 4.79. The van der Waals surface area contributed by atoms with Crippen LogP contribution < -0.4 is 0 Å². The summed E-state index contributed by atoms with van der Waals surface area (Å²) in [5.41, 5.74) is 6.27. The van der Waals surface area contributed by atoms with Crippen LogP contribution in [0.4, 0.5) is 0 Å². The van der Waals surface area contributed by atoms with E-state index < -0.39 is 0 Å². The van der Waals surface area contributed by atoms with Crippen molar-refractivity contribution >= 4 is 65.2 Å². The first-order valence-corrected chi connectivity index (χ1v) is 12.0. The number of aromatic nitrogens is 6. The minimum absolute atomic E-state index is 0.775. The smallest absolute Gasteiger partial charge is 0.126 e. The third kappa shape index (κ3) is 2.55. The fourth-order valence-corrected chi connectivity index (χ4v) is 5.72. The molecule has 3 aromatic heterocycles. The zero-order chi connectivity index (χ0) is 24.0. The van der Waals surface area contributed by atoms with Crippen LogP contribution in [0.15, 0.2) is 73.1 Å². The molecular weight excluding hydrogens is 444 g/mol. The predicted molar refractivity (Wildman–Crippen MR) is 146 cm³/mol. The number of aromatic amines is 2. The first-order chi connectivity index (χ1) is 17.7. The number of imidazole rings is 2. The van der Waals surface area contributed by atoms with E-state index >= 15 is 0 Å². The maximum Gasteiger partial charge on any atom is 0.126 e. The molecule has 0 amide bonds. The van der Waals surface area contributed by atoms with Crippen LogP contribution >= 0.6 is 0 Å². The topological polar surface area (TPSA) is 83.1 Å². The molecule has 0 aliphatic rings. The standard InChI is InChI=1S/C30H20N6/c1-15-33-27-20-6-4-3-5-19(20)23-11-17(7-9-21(23)28(27)34-15)18-8-10-22-24(12-18)25-13-31-32-14-26(25)30-29(22)35-16(2)36-30/h3-14,31H,1-2H3,(H,33,34). The summed E-state index contributed by atoms with van der Waals surface area (Å²) in [4.78, 5) is 17.7. The normalized spacial score (nSPS) is 12.2. The number of benzene rings is 5. The van der Waals surface area contributed by atoms with Crippen LogP contribution in [0.2, 0.25) is 0 Å². The van der Waals surface area contributed by atoms with Crippen molar-refractivity contribution in [3.05, 3.63) is 84.7 Å². The minimum atomic E-state index is 0.775. The van der Waals surface area contributed by atoms with E-state index in [0.29, 0.717) is 0 Å². The lowest BCUT2D eigenvalue weighted by atomic mass is 9.94. The summed E-state index contributed by atoms with van der Waals surface area (Å²) in [5, 5.41) is 16.4. The van der Waals surface area contributed by atoms with E-state index in [2.05, 4.69) is 80.8 Å². The molecule has 36 heavy (non-hydrogen) atoms. The molecule has 2 N–H and O–H groups in total. The van der Waals surface area contributed by atoms with Crippen molar-refractivity contribution in [3.63, 3.8) is 0 Å². The number of hydrogen-bond donors (Lipinski definition) is 2. The van der Waals surface area contributed by atoms with Crippen molar-refractivity contribution in [1.82, 2.24) is 30.1 Å². The van der Waals surface area contributed by atoms with Gasteiger partial charge in [-0.3, -0.25) is 5.10 Å². The molecule has 3 heterocycles. The molecule has 0 bridgehead atoms. The van der Waals surface area contributed by atoms with Gasteiger partial charge in [-0.1, -0.05) is 48.5 Å². The Morgan fingerprint density at radius 3 is 2.06 bits per heavy atom. The van der Waals surface area contributed by atoms with Crippen LogP contribution in [0, 0.1) is 13.8 Å². The van der Waals surface area contributed by atoms with Crippen molar-refractivity contribution in [3.8, 4) is 11.1 Å². The summed E-state index contributed by atoms with van der Waals surface area (Å²) in [7, 11) is 0. The van der Waals surface area contributed by atoms with Crippen molar-refractivity contribution in [2.75, 3.05) is 0 Å². The van der Waals surface area contributed by atoms with Gasteiger partial charge in [-0.05, 0) is 53.3 Å². The quantitative estimate of drug-likeness (QED) is 0.253. The zero-order valence-corrected chi connectivity index (χ0v) is 19.7. The van der Waals surface area contributed by atoms with Gasteiger partial charge in [0.1, 0.15) is 17.2 Å². The van der Waals surface area contributed by atoms with E-state index in [1.54, 1.807) is 0 Å². The Balaban J connectivity index is 1.45. The zero-order valence-electron chi connectivity index (χ0n) is 19.7. The Bertz CT molecular complexity index is 2030. The number of aryl methyl sites for hydroxylation is 2. The number of fused-ring (bicyclic) bond motifs is 12. The molecule has 6 heteroatoms. The molecule has 0 unspecified atom stereocenters. The third-order valence-electron chi connectivity index (χ3n) is 7.28. The van der Waals surface area contributed by atoms with Crippen LogP contribution in [0.1, 0.15) is 11.6 Å². The van der Waals surface area contributed by atoms with Gasteiger partial charge in [0.05, 0.1) is 22.7 Å². The Hall–Kier alpha value is -4.84. The number of H-pyrrole nitrogens is 2. The average Bonchev–Trinajstić information content (AvgIpc) is 3.51. The molecule has 5 aromatic carbocycles. The Kier molecular flexibility index (Phi) is 3.71. The summed E-state index contributed by atoms with van der Waals surface area (Å²) in [6, 6.07) is 21.9. The first-order valence-electron chi connectivity index (χ1n) is 12.0. The highest BCUT2D eigenvalue weighted by Gasteiger charge is 2.16. The van der Waals surface area contributed by atoms with Crippen molar-refractivity contribution in [1.29, 1.82) is 0 Å². The molecule has 0 aliphatic carbocycles. The summed E-state index contributed by atoms with van der Waals surface area (Å²) in [6.07, 6.45) is 3.80. The lowest BCUT2D eigenvalue weighted by Crippen LogP contribution is -1.88. The van der Waals surface area contributed by atoms with Gasteiger partial charge in [-0.2, -0.15) is 5.10 Å². The van der Waals surface area contributed by atoms with Gasteiger partial charge in [0.25, 0.3) is 0 Å². The van der Waals surface area contributed by atoms with E-state index in [1.807, 2.05) is 26.2 Å². The fourth-order valence-electron chi connectivity index (χ4n) is 5.72. The summed E-state index contributed by atoms with van der Waals surface area (Å²) >= 11 is 0. The SMILES string of the molecule is Cc1nc2c3ccc(-c4ccc5c(c4)c4ccccc4c4nc(C)[nH]c54)cc3c3c[nH]ncc3c2n1. The highest BCUT2D eigenvalue weighted by molar-refractivity contribution is 6.25. The predicted octanol–water partition coefficient (Wildman–Crippen LogP) is 7.13. The van der Waals surface area contributed by atoms with E-state index in [1.165, 1.54) is 27.1 Å². The van der Waals surface area contributed by atoms with E-state index in [0.717, 1.165) is 60.8 Å². The lowest BCUT2D eigenvalue weighted by molar-refractivity contribution is 1.05. The van der Waals surface area contributed by atoms with Gasteiger partial charge in [-0.15, -0.1) is 0 Å². The molecule has 170 valence electrons. The second-order valence-electron chi connectivity index (χ2n) is 9.44. The third-order valence-corrected chi connectivity index (χ3v) is 7.28. The van der Waals surface area contributed by atoms with Gasteiger partial charge in [0.2, 0.25) is 0 Å². The number of rotatable bonds is 1. The Labute approximate surface area is 205 Å². The monoisotopic (exact) mass is 464 g/mol. The number of hydrogen-bond acceptors (Lipinski definition) is 4. The molecule has 0 fully saturated rings. The van der Waals surface area contributed by atoms with Gasteiger partial charge >= 0.3 is 0 Å². The molecule has 0 radical (unpaired) electrons. The van der Waals surface area contributed by atoms with Gasteiger partial charge < -0.3 is 4.98 Å². The fraction of sp³-hybridized carbons (Fsp3) is 0.0667. The first kappa shape index (κ1) is 19.5. The van der Waals surface area contributed by atoms with Gasteiger partial charge in [-0.25, -0.2) is 15.0 Å². The van der Waals surface area contributed by atoms with Crippen molar-refractivity contribution in [2.45, 2.75) is 13.8 Å². The molecular formula is C30H20N6. The summed E-state index contributed by atoms with van der Waals surface area (Å²) in [6.45, 7) is 3.95. The van der Waals surface area contributed by atoms with Gasteiger partial charge in [0, 0.05) is 33.1 Å². The molecule has 0 saturated carbocycles. The highest BCUT2D eigenvalue weighted by atomic mass is 15.1. The Morgan fingerprint density at radius 1 is 0.583 bits per heavy atom. The molecule has 0 atom stereocenters. The van der Waals surface area contributed by atoms with Crippen LogP contribution in [0.5, 0.6) is 0 Å². The molecule has 0 spiro atoms.